The van der Waals surface area contributed by atoms with Crippen LogP contribution in [0.2, 0.25) is 0 Å². The van der Waals surface area contributed by atoms with Crippen LogP contribution in [-0.2, 0) is 4.79 Å². The number of hydrogen-bond acceptors (Lipinski definition) is 2. The first kappa shape index (κ1) is 12.2. The minimum Gasteiger partial charge on any atom is -0.372 e. The van der Waals surface area contributed by atoms with Crippen molar-refractivity contribution in [1.82, 2.24) is 0 Å². The molecule has 17 heavy (non-hydrogen) atoms. The first-order valence-electron chi connectivity index (χ1n) is 6.00. The zero-order chi connectivity index (χ0) is 12.1. The van der Waals surface area contributed by atoms with Gasteiger partial charge in [0.05, 0.1) is 0 Å². The van der Waals surface area contributed by atoms with Crippen molar-refractivity contribution >= 4 is 28.9 Å². The summed E-state index contributed by atoms with van der Waals surface area (Å²) in [5.74, 6) is 0.325. The number of benzene rings is 1. The number of hydrogen-bond donors (Lipinski definition) is 1. The maximum atomic E-state index is 11.3. The predicted octanol–water partition coefficient (Wildman–Crippen LogP) is 2.85. The Kier molecular flexibility index (Phi) is 4.26. The van der Waals surface area contributed by atoms with Crippen molar-refractivity contribution in [2.24, 2.45) is 0 Å². The lowest BCUT2D eigenvalue weighted by Gasteiger charge is -2.17. The van der Waals surface area contributed by atoms with E-state index in [2.05, 4.69) is 22.3 Å². The number of carbonyl (C=O) groups is 1. The molecule has 0 spiro atoms. The topological polar surface area (TPSA) is 32.3 Å². The van der Waals surface area contributed by atoms with E-state index in [0.29, 0.717) is 12.3 Å². The van der Waals surface area contributed by atoms with Gasteiger partial charge in [-0.2, -0.15) is 0 Å². The highest BCUT2D eigenvalue weighted by molar-refractivity contribution is 6.19. The Morgan fingerprint density at radius 2 is 1.88 bits per heavy atom. The number of rotatable bonds is 4. The third-order valence-corrected chi connectivity index (χ3v) is 3.13. The summed E-state index contributed by atoms with van der Waals surface area (Å²) in [6, 6.07) is 8.00. The van der Waals surface area contributed by atoms with E-state index in [-0.39, 0.29) is 5.91 Å². The fraction of sp³-hybridized carbons (Fsp3) is 0.462. The van der Waals surface area contributed by atoms with Gasteiger partial charge in [0.25, 0.3) is 0 Å². The molecule has 1 aromatic rings. The Hall–Kier alpha value is -1.22. The summed E-state index contributed by atoms with van der Waals surface area (Å²) in [5.41, 5.74) is 2.07. The fourth-order valence-electron chi connectivity index (χ4n) is 2.04. The minimum atomic E-state index is -0.0334. The van der Waals surface area contributed by atoms with Crippen molar-refractivity contribution in [1.29, 1.82) is 0 Å². The van der Waals surface area contributed by atoms with Crippen LogP contribution in [0.3, 0.4) is 0 Å². The summed E-state index contributed by atoms with van der Waals surface area (Å²) in [6.45, 7) is 2.27. The van der Waals surface area contributed by atoms with Crippen LogP contribution in [0.25, 0.3) is 0 Å². The number of nitrogens with zero attached hydrogens (tertiary/aromatic N) is 1. The van der Waals surface area contributed by atoms with E-state index in [1.165, 1.54) is 18.5 Å². The molecule has 0 aromatic heterocycles. The van der Waals surface area contributed by atoms with Crippen LogP contribution in [0.5, 0.6) is 0 Å². The van der Waals surface area contributed by atoms with Gasteiger partial charge in [0.2, 0.25) is 5.91 Å². The number of nitrogens with one attached hydrogen (secondary N) is 1. The van der Waals surface area contributed by atoms with Crippen molar-refractivity contribution in [3.8, 4) is 0 Å². The van der Waals surface area contributed by atoms with Crippen molar-refractivity contribution in [2.75, 3.05) is 29.2 Å². The summed E-state index contributed by atoms with van der Waals surface area (Å²) in [7, 11) is 0. The van der Waals surface area contributed by atoms with Gasteiger partial charge in [-0.05, 0) is 37.1 Å². The van der Waals surface area contributed by atoms with Gasteiger partial charge in [0, 0.05) is 36.8 Å². The molecule has 4 heteroatoms. The quantitative estimate of drug-likeness (QED) is 0.836. The molecule has 0 radical (unpaired) electrons. The van der Waals surface area contributed by atoms with E-state index in [4.69, 9.17) is 11.6 Å². The lowest BCUT2D eigenvalue weighted by Crippen LogP contribution is -2.17. The monoisotopic (exact) mass is 252 g/mol. The molecule has 0 atom stereocenters. The number of amides is 1. The highest BCUT2D eigenvalue weighted by Crippen LogP contribution is 2.22. The first-order chi connectivity index (χ1) is 8.29. The Bertz CT molecular complexity index is 372. The maximum Gasteiger partial charge on any atom is 0.225 e. The standard InChI is InChI=1S/C13H17ClN2O/c14-8-7-13(17)15-11-3-5-12(6-4-11)16-9-1-2-10-16/h3-6H,1-2,7-10H2,(H,15,17). The SMILES string of the molecule is O=C(CCCl)Nc1ccc(N2CCCC2)cc1. The molecule has 1 fully saturated rings. The second kappa shape index (κ2) is 5.92. The number of alkyl halides is 1. The average molecular weight is 253 g/mol. The molecule has 0 unspecified atom stereocenters. The molecule has 3 nitrogen and oxygen atoms in total. The maximum absolute atomic E-state index is 11.3. The zero-order valence-corrected chi connectivity index (χ0v) is 10.5. The second-order valence-corrected chi connectivity index (χ2v) is 4.61. The fourth-order valence-corrected chi connectivity index (χ4v) is 2.21. The van der Waals surface area contributed by atoms with Crippen LogP contribution < -0.4 is 10.2 Å². The van der Waals surface area contributed by atoms with Crippen molar-refractivity contribution < 1.29 is 4.79 Å². The molecule has 0 aliphatic carbocycles. The van der Waals surface area contributed by atoms with Gasteiger partial charge in [-0.1, -0.05) is 0 Å². The average Bonchev–Trinajstić information content (AvgIpc) is 2.84. The van der Waals surface area contributed by atoms with Gasteiger partial charge >= 0.3 is 0 Å². The minimum absolute atomic E-state index is 0.0334. The smallest absolute Gasteiger partial charge is 0.225 e. The second-order valence-electron chi connectivity index (χ2n) is 4.23. The lowest BCUT2D eigenvalue weighted by molar-refractivity contribution is -0.115. The van der Waals surface area contributed by atoms with Crippen LogP contribution >= 0.6 is 11.6 Å². The molecular weight excluding hydrogens is 236 g/mol. The summed E-state index contributed by atoms with van der Waals surface area (Å²) in [5, 5.41) is 2.82. The third-order valence-electron chi connectivity index (χ3n) is 2.94. The molecule has 1 saturated heterocycles. The summed E-state index contributed by atoms with van der Waals surface area (Å²) >= 11 is 5.51. The largest absolute Gasteiger partial charge is 0.372 e. The van der Waals surface area contributed by atoms with Gasteiger partial charge in [0.1, 0.15) is 0 Å². The molecular formula is C13H17ClN2O. The van der Waals surface area contributed by atoms with Gasteiger partial charge in [0.15, 0.2) is 0 Å². The summed E-state index contributed by atoms with van der Waals surface area (Å²) in [4.78, 5) is 13.7. The predicted molar refractivity (Wildman–Crippen MR) is 71.9 cm³/mol. The third kappa shape index (κ3) is 3.37. The Morgan fingerprint density at radius 1 is 1.24 bits per heavy atom. The van der Waals surface area contributed by atoms with E-state index in [1.54, 1.807) is 0 Å². The number of carbonyl (C=O) groups excluding carboxylic acids is 1. The van der Waals surface area contributed by atoms with Crippen LogP contribution in [0.1, 0.15) is 19.3 Å². The Balaban J connectivity index is 1.95. The molecule has 1 aliphatic heterocycles. The van der Waals surface area contributed by atoms with Crippen molar-refractivity contribution in [3.05, 3.63) is 24.3 Å². The van der Waals surface area contributed by atoms with Gasteiger partial charge < -0.3 is 10.2 Å². The number of halogens is 1. The highest BCUT2D eigenvalue weighted by atomic mass is 35.5. The molecule has 1 N–H and O–H groups in total. The molecule has 2 rings (SSSR count). The van der Waals surface area contributed by atoms with Crippen LogP contribution in [0.15, 0.2) is 24.3 Å². The van der Waals surface area contributed by atoms with Crippen molar-refractivity contribution in [2.45, 2.75) is 19.3 Å². The van der Waals surface area contributed by atoms with E-state index in [1.807, 2.05) is 12.1 Å². The lowest BCUT2D eigenvalue weighted by atomic mass is 10.2. The first-order valence-corrected chi connectivity index (χ1v) is 6.54. The normalized spacial score (nSPS) is 15.0. The molecule has 0 saturated carbocycles. The van der Waals surface area contributed by atoms with E-state index < -0.39 is 0 Å². The van der Waals surface area contributed by atoms with Crippen LogP contribution in [-0.4, -0.2) is 24.9 Å². The molecule has 1 amide bonds. The summed E-state index contributed by atoms with van der Waals surface area (Å²) in [6.07, 6.45) is 2.90. The van der Waals surface area contributed by atoms with E-state index in [9.17, 15) is 4.79 Å². The van der Waals surface area contributed by atoms with Crippen LogP contribution in [0, 0.1) is 0 Å². The van der Waals surface area contributed by atoms with E-state index >= 15 is 0 Å². The van der Waals surface area contributed by atoms with Crippen molar-refractivity contribution in [3.63, 3.8) is 0 Å². The zero-order valence-electron chi connectivity index (χ0n) is 9.79. The van der Waals surface area contributed by atoms with E-state index in [0.717, 1.165) is 18.8 Å². The molecule has 92 valence electrons. The molecule has 0 bridgehead atoms. The van der Waals surface area contributed by atoms with Gasteiger partial charge in [-0.3, -0.25) is 4.79 Å². The highest BCUT2D eigenvalue weighted by Gasteiger charge is 2.11. The molecule has 1 aliphatic rings. The molecule has 1 aromatic carbocycles. The Labute approximate surface area is 107 Å². The summed E-state index contributed by atoms with van der Waals surface area (Å²) < 4.78 is 0. The van der Waals surface area contributed by atoms with Gasteiger partial charge in [-0.25, -0.2) is 0 Å². The Morgan fingerprint density at radius 3 is 2.47 bits per heavy atom. The molecule has 1 heterocycles. The van der Waals surface area contributed by atoms with Crippen LogP contribution in [0.4, 0.5) is 11.4 Å². The van der Waals surface area contributed by atoms with Gasteiger partial charge in [-0.15, -0.1) is 11.6 Å². The number of anilines is 2.